The van der Waals surface area contributed by atoms with E-state index in [1.165, 1.54) is 16.6 Å². The van der Waals surface area contributed by atoms with Crippen molar-refractivity contribution in [3.05, 3.63) is 64.1 Å². The summed E-state index contributed by atoms with van der Waals surface area (Å²) in [5, 5.41) is 14.4. The Balaban J connectivity index is 1.39. The van der Waals surface area contributed by atoms with Crippen molar-refractivity contribution >= 4 is 40.9 Å². The lowest BCUT2D eigenvalue weighted by Gasteiger charge is -2.25. The lowest BCUT2D eigenvalue weighted by molar-refractivity contribution is -0.138. The van der Waals surface area contributed by atoms with Crippen molar-refractivity contribution in [2.75, 3.05) is 5.75 Å². The average Bonchev–Trinajstić information content (AvgIpc) is 3.50. The summed E-state index contributed by atoms with van der Waals surface area (Å²) in [6.45, 7) is 1.81. The van der Waals surface area contributed by atoms with Crippen LogP contribution in [0.5, 0.6) is 0 Å². The molecule has 1 unspecified atom stereocenters. The highest BCUT2D eigenvalue weighted by atomic mass is 32.2. The molecule has 0 saturated carbocycles. The minimum Gasteiger partial charge on any atom is -0.318 e. The average molecular weight is 471 g/mol. The minimum atomic E-state index is -1.20. The van der Waals surface area contributed by atoms with Gasteiger partial charge in [0, 0.05) is 18.3 Å². The number of nitrogens with zero attached hydrogens (tertiary/aromatic N) is 4. The van der Waals surface area contributed by atoms with Gasteiger partial charge in [-0.05, 0) is 23.4 Å². The molecule has 2 aromatic heterocycles. The second kappa shape index (κ2) is 9.13. The molecule has 0 spiro atoms. The van der Waals surface area contributed by atoms with Crippen LogP contribution in [0.3, 0.4) is 0 Å². The van der Waals surface area contributed by atoms with Crippen molar-refractivity contribution in [1.82, 2.24) is 30.5 Å². The molecule has 32 heavy (non-hydrogen) atoms. The van der Waals surface area contributed by atoms with Crippen molar-refractivity contribution in [3.63, 3.8) is 0 Å². The third-order valence-electron chi connectivity index (χ3n) is 5.29. The predicted molar refractivity (Wildman–Crippen MR) is 121 cm³/mol. The van der Waals surface area contributed by atoms with Gasteiger partial charge in [0.05, 0.1) is 5.75 Å². The maximum absolute atomic E-state index is 13.1. The van der Waals surface area contributed by atoms with E-state index in [1.807, 2.05) is 42.1 Å². The zero-order valence-corrected chi connectivity index (χ0v) is 19.2. The van der Waals surface area contributed by atoms with Crippen LogP contribution in [-0.2, 0) is 28.6 Å². The quantitative estimate of drug-likeness (QED) is 0.387. The van der Waals surface area contributed by atoms with Crippen LogP contribution in [0, 0.1) is 0 Å². The summed E-state index contributed by atoms with van der Waals surface area (Å²) in [6, 6.07) is 12.4. The van der Waals surface area contributed by atoms with Gasteiger partial charge >= 0.3 is 6.03 Å². The van der Waals surface area contributed by atoms with Crippen LogP contribution in [0.15, 0.2) is 53.0 Å². The number of thiophene rings is 1. The zero-order chi connectivity index (χ0) is 22.7. The van der Waals surface area contributed by atoms with E-state index in [9.17, 15) is 14.4 Å². The number of nitrogens with one attached hydrogen (secondary N) is 2. The second-order valence-electron chi connectivity index (χ2n) is 7.23. The zero-order valence-electron chi connectivity index (χ0n) is 17.6. The summed E-state index contributed by atoms with van der Waals surface area (Å²) in [4.78, 5) is 39.3. The molecule has 2 N–H and O–H groups in total. The first-order valence-electron chi connectivity index (χ1n) is 9.99. The Hall–Kier alpha value is -3.18. The summed E-state index contributed by atoms with van der Waals surface area (Å²) in [7, 11) is 1.84. The van der Waals surface area contributed by atoms with Gasteiger partial charge in [-0.25, -0.2) is 4.79 Å². The molecule has 9 nitrogen and oxygen atoms in total. The number of rotatable bonds is 8. The first-order valence-corrected chi connectivity index (χ1v) is 11.9. The number of hydrazine groups is 1. The van der Waals surface area contributed by atoms with Gasteiger partial charge in [-0.2, -0.15) is 5.01 Å². The molecule has 166 valence electrons. The molecular weight excluding hydrogens is 448 g/mol. The number of thioether (sulfide) groups is 1. The molecule has 1 saturated heterocycles. The summed E-state index contributed by atoms with van der Waals surface area (Å²) < 4.78 is 1.84. The van der Waals surface area contributed by atoms with Crippen LogP contribution in [0.25, 0.3) is 0 Å². The lowest BCUT2D eigenvalue weighted by Crippen LogP contribution is -2.49. The molecule has 3 aromatic rings. The van der Waals surface area contributed by atoms with Gasteiger partial charge in [0.2, 0.25) is 5.91 Å². The van der Waals surface area contributed by atoms with E-state index < -0.39 is 23.4 Å². The smallest absolute Gasteiger partial charge is 0.318 e. The Labute approximate surface area is 193 Å². The predicted octanol–water partition coefficient (Wildman–Crippen LogP) is 2.45. The molecule has 0 radical (unpaired) electrons. The highest BCUT2D eigenvalue weighted by Gasteiger charge is 2.52. The van der Waals surface area contributed by atoms with Gasteiger partial charge in [0.25, 0.3) is 5.91 Å². The highest BCUT2D eigenvalue weighted by molar-refractivity contribution is 7.99. The van der Waals surface area contributed by atoms with E-state index in [0.29, 0.717) is 23.6 Å². The summed E-state index contributed by atoms with van der Waals surface area (Å²) >= 11 is 2.83. The van der Waals surface area contributed by atoms with Crippen molar-refractivity contribution < 1.29 is 14.4 Å². The molecule has 0 bridgehead atoms. The standard InChI is InChI=1S/C21H22N6O3S2/c1-3-21(14-8-5-4-6-9-14)18(29)27(19(30)22-21)25-17(28)13-32-20-24-23-16(26(20)2)12-15-10-7-11-31-15/h4-11H,3,12-13H2,1-2H3,(H,22,30)(H,25,28). The number of hydrogen-bond donors (Lipinski definition) is 2. The molecule has 1 aliphatic heterocycles. The van der Waals surface area contributed by atoms with E-state index in [0.717, 1.165) is 10.8 Å². The fourth-order valence-electron chi connectivity index (χ4n) is 3.52. The van der Waals surface area contributed by atoms with Crippen LogP contribution in [0.1, 0.15) is 29.6 Å². The molecule has 1 fully saturated rings. The second-order valence-corrected chi connectivity index (χ2v) is 9.21. The summed E-state index contributed by atoms with van der Waals surface area (Å²) in [5.74, 6) is -0.222. The number of hydrogen-bond acceptors (Lipinski definition) is 7. The third kappa shape index (κ3) is 4.13. The molecule has 1 atom stereocenters. The van der Waals surface area contributed by atoms with Gasteiger partial charge in [-0.1, -0.05) is 55.1 Å². The molecule has 3 heterocycles. The van der Waals surface area contributed by atoms with E-state index in [2.05, 4.69) is 20.9 Å². The van der Waals surface area contributed by atoms with Crippen LogP contribution >= 0.6 is 23.1 Å². The van der Waals surface area contributed by atoms with E-state index >= 15 is 0 Å². The summed E-state index contributed by atoms with van der Waals surface area (Å²) in [6.07, 6.45) is 1.02. The first kappa shape index (κ1) is 22.0. The number of benzene rings is 1. The number of amides is 4. The molecule has 11 heteroatoms. The van der Waals surface area contributed by atoms with Crippen molar-refractivity contribution in [2.24, 2.45) is 7.05 Å². The van der Waals surface area contributed by atoms with Crippen molar-refractivity contribution in [2.45, 2.75) is 30.5 Å². The Morgan fingerprint density at radius 2 is 1.97 bits per heavy atom. The first-order chi connectivity index (χ1) is 15.4. The van der Waals surface area contributed by atoms with Crippen molar-refractivity contribution in [1.29, 1.82) is 0 Å². The fourth-order valence-corrected chi connectivity index (χ4v) is 4.94. The number of carbonyl (C=O) groups is 3. The van der Waals surface area contributed by atoms with Crippen LogP contribution in [-0.4, -0.2) is 43.4 Å². The number of carbonyl (C=O) groups excluding carboxylic acids is 3. The molecule has 1 aliphatic rings. The number of aromatic nitrogens is 3. The van der Waals surface area contributed by atoms with Gasteiger partial charge in [-0.15, -0.1) is 21.5 Å². The normalized spacial score (nSPS) is 18.1. The van der Waals surface area contributed by atoms with Gasteiger partial charge in [0.15, 0.2) is 5.16 Å². The molecule has 0 aliphatic carbocycles. The van der Waals surface area contributed by atoms with Gasteiger partial charge in [0.1, 0.15) is 11.4 Å². The SMILES string of the molecule is CCC1(c2ccccc2)NC(=O)N(NC(=O)CSc2nnc(Cc3cccs3)n2C)C1=O. The largest absolute Gasteiger partial charge is 0.344 e. The molecular formula is C21H22N6O3S2. The van der Waals surface area contributed by atoms with Crippen LogP contribution < -0.4 is 10.7 Å². The van der Waals surface area contributed by atoms with Gasteiger partial charge < -0.3 is 9.88 Å². The Bertz CT molecular complexity index is 1130. The fraction of sp³-hybridized carbons (Fsp3) is 0.286. The maximum atomic E-state index is 13.1. The Morgan fingerprint density at radius 1 is 1.19 bits per heavy atom. The monoisotopic (exact) mass is 470 g/mol. The Kier molecular flexibility index (Phi) is 6.28. The van der Waals surface area contributed by atoms with E-state index in [-0.39, 0.29) is 5.75 Å². The van der Waals surface area contributed by atoms with E-state index in [4.69, 9.17) is 0 Å². The summed E-state index contributed by atoms with van der Waals surface area (Å²) in [5.41, 5.74) is 1.90. The number of imide groups is 1. The van der Waals surface area contributed by atoms with Crippen LogP contribution in [0.2, 0.25) is 0 Å². The van der Waals surface area contributed by atoms with Crippen LogP contribution in [0.4, 0.5) is 4.79 Å². The molecule has 4 rings (SSSR count). The Morgan fingerprint density at radius 3 is 2.66 bits per heavy atom. The highest BCUT2D eigenvalue weighted by Crippen LogP contribution is 2.31. The number of urea groups is 1. The van der Waals surface area contributed by atoms with Gasteiger partial charge in [-0.3, -0.25) is 15.0 Å². The topological polar surface area (TPSA) is 109 Å². The molecule has 1 aromatic carbocycles. The maximum Gasteiger partial charge on any atom is 0.344 e. The molecule has 4 amide bonds. The van der Waals surface area contributed by atoms with Crippen molar-refractivity contribution in [3.8, 4) is 0 Å². The lowest BCUT2D eigenvalue weighted by atomic mass is 9.87. The third-order valence-corrected chi connectivity index (χ3v) is 7.19. The minimum absolute atomic E-state index is 0.0213. The van der Waals surface area contributed by atoms with E-state index in [1.54, 1.807) is 35.6 Å².